The quantitative estimate of drug-likeness (QED) is 0.266. The summed E-state index contributed by atoms with van der Waals surface area (Å²) in [4.78, 5) is 38.8. The Morgan fingerprint density at radius 3 is 2.35 bits per heavy atom. The summed E-state index contributed by atoms with van der Waals surface area (Å²) in [5.41, 5.74) is 2.98. The standard InChI is InChI=1S/C25H26N2O6S/c1-5-31-21-13-17(7-8-20(21)33-14-22(28)32-6-2)12-19-23(29)26-25(34)27(24(19)30)18-10-15(3)9-16(4)11-18/h7-13H,5-6,14H2,1-4H3,(H,26,29,34)/b19-12+. The van der Waals surface area contributed by atoms with Gasteiger partial charge in [-0.3, -0.25) is 19.8 Å². The van der Waals surface area contributed by atoms with Gasteiger partial charge in [-0.1, -0.05) is 12.1 Å². The molecule has 0 radical (unpaired) electrons. The van der Waals surface area contributed by atoms with E-state index in [1.807, 2.05) is 32.0 Å². The Kier molecular flexibility index (Phi) is 8.01. The van der Waals surface area contributed by atoms with Gasteiger partial charge < -0.3 is 14.2 Å². The van der Waals surface area contributed by atoms with E-state index >= 15 is 0 Å². The number of anilines is 1. The van der Waals surface area contributed by atoms with Crippen molar-refractivity contribution < 1.29 is 28.6 Å². The van der Waals surface area contributed by atoms with E-state index in [9.17, 15) is 14.4 Å². The van der Waals surface area contributed by atoms with Crippen molar-refractivity contribution >= 4 is 46.9 Å². The zero-order valence-electron chi connectivity index (χ0n) is 19.5. The molecule has 0 bridgehead atoms. The molecule has 0 aromatic heterocycles. The first kappa shape index (κ1) is 24.9. The highest BCUT2D eigenvalue weighted by molar-refractivity contribution is 7.80. The molecule has 9 heteroatoms. The third-order valence-corrected chi connectivity index (χ3v) is 5.08. The van der Waals surface area contributed by atoms with Gasteiger partial charge in [0, 0.05) is 0 Å². The molecule has 0 unspecified atom stereocenters. The smallest absolute Gasteiger partial charge is 0.344 e. The zero-order valence-corrected chi connectivity index (χ0v) is 20.3. The van der Waals surface area contributed by atoms with Crippen LogP contribution in [-0.4, -0.2) is 42.7 Å². The first-order valence-corrected chi connectivity index (χ1v) is 11.2. The molecule has 8 nitrogen and oxygen atoms in total. The second kappa shape index (κ2) is 10.9. The number of thiocarbonyl (C=S) groups is 1. The fourth-order valence-corrected chi connectivity index (χ4v) is 3.76. The third kappa shape index (κ3) is 5.79. The van der Waals surface area contributed by atoms with Gasteiger partial charge in [0.15, 0.2) is 23.2 Å². The van der Waals surface area contributed by atoms with Crippen LogP contribution < -0.4 is 19.7 Å². The summed E-state index contributed by atoms with van der Waals surface area (Å²) >= 11 is 5.28. The van der Waals surface area contributed by atoms with Crippen molar-refractivity contribution in [3.8, 4) is 11.5 Å². The largest absolute Gasteiger partial charge is 0.490 e. The van der Waals surface area contributed by atoms with Crippen LogP contribution in [0.5, 0.6) is 11.5 Å². The third-order valence-electron chi connectivity index (χ3n) is 4.80. The monoisotopic (exact) mass is 482 g/mol. The van der Waals surface area contributed by atoms with Crippen LogP contribution in [0.25, 0.3) is 6.08 Å². The number of nitrogens with one attached hydrogen (secondary N) is 1. The van der Waals surface area contributed by atoms with Crippen molar-refractivity contribution in [3.63, 3.8) is 0 Å². The van der Waals surface area contributed by atoms with Crippen molar-refractivity contribution in [3.05, 3.63) is 58.7 Å². The fraction of sp³-hybridized carbons (Fsp3) is 0.280. The molecule has 1 heterocycles. The van der Waals surface area contributed by atoms with E-state index in [4.69, 9.17) is 26.4 Å². The average molecular weight is 483 g/mol. The number of ether oxygens (including phenoxy) is 3. The van der Waals surface area contributed by atoms with Crippen LogP contribution in [-0.2, 0) is 19.1 Å². The molecular formula is C25H26N2O6S. The molecule has 1 aliphatic heterocycles. The van der Waals surface area contributed by atoms with E-state index in [2.05, 4.69) is 5.32 Å². The maximum absolute atomic E-state index is 13.3. The second-order valence-corrected chi connectivity index (χ2v) is 7.92. The number of nitrogens with zero attached hydrogens (tertiary/aromatic N) is 1. The number of aryl methyl sites for hydroxylation is 2. The molecule has 1 N–H and O–H groups in total. The predicted molar refractivity (Wildman–Crippen MR) is 132 cm³/mol. The lowest BCUT2D eigenvalue weighted by molar-refractivity contribution is -0.145. The van der Waals surface area contributed by atoms with E-state index in [-0.39, 0.29) is 23.9 Å². The van der Waals surface area contributed by atoms with Crippen LogP contribution in [0.4, 0.5) is 5.69 Å². The Bertz CT molecular complexity index is 1150. The Balaban J connectivity index is 1.92. The van der Waals surface area contributed by atoms with E-state index in [1.54, 1.807) is 32.0 Å². The number of carbonyl (C=O) groups excluding carboxylic acids is 3. The summed E-state index contributed by atoms with van der Waals surface area (Å²) in [7, 11) is 0. The first-order valence-electron chi connectivity index (χ1n) is 10.8. The Labute approximate surface area is 203 Å². The topological polar surface area (TPSA) is 94.2 Å². The normalized spacial score (nSPS) is 14.8. The van der Waals surface area contributed by atoms with E-state index in [0.29, 0.717) is 29.4 Å². The highest BCUT2D eigenvalue weighted by Gasteiger charge is 2.34. The van der Waals surface area contributed by atoms with Crippen molar-refractivity contribution in [1.82, 2.24) is 5.32 Å². The molecule has 1 aliphatic rings. The SMILES string of the molecule is CCOC(=O)COc1ccc(/C=C2\C(=O)NC(=S)N(c3cc(C)cc(C)c3)C2=O)cc1OCC. The molecule has 0 aliphatic carbocycles. The van der Waals surface area contributed by atoms with Crippen LogP contribution >= 0.6 is 12.2 Å². The number of hydrogen-bond donors (Lipinski definition) is 1. The van der Waals surface area contributed by atoms with E-state index in [0.717, 1.165) is 11.1 Å². The van der Waals surface area contributed by atoms with E-state index in [1.165, 1.54) is 11.0 Å². The predicted octanol–water partition coefficient (Wildman–Crippen LogP) is 3.48. The number of amides is 2. The Morgan fingerprint density at radius 1 is 1.00 bits per heavy atom. The highest BCUT2D eigenvalue weighted by atomic mass is 32.1. The minimum absolute atomic E-state index is 0.0230. The number of hydrogen-bond acceptors (Lipinski definition) is 7. The highest BCUT2D eigenvalue weighted by Crippen LogP contribution is 2.30. The van der Waals surface area contributed by atoms with Crippen molar-refractivity contribution in [1.29, 1.82) is 0 Å². The van der Waals surface area contributed by atoms with Crippen molar-refractivity contribution in [2.24, 2.45) is 0 Å². The molecular weight excluding hydrogens is 456 g/mol. The lowest BCUT2D eigenvalue weighted by atomic mass is 10.1. The van der Waals surface area contributed by atoms with Gasteiger partial charge in [-0.15, -0.1) is 0 Å². The van der Waals surface area contributed by atoms with Gasteiger partial charge in [-0.05, 0) is 86.9 Å². The fourth-order valence-electron chi connectivity index (χ4n) is 3.48. The summed E-state index contributed by atoms with van der Waals surface area (Å²) in [6.07, 6.45) is 1.47. The van der Waals surface area contributed by atoms with Gasteiger partial charge >= 0.3 is 5.97 Å². The molecule has 2 aromatic rings. The molecule has 2 aromatic carbocycles. The summed E-state index contributed by atoms with van der Waals surface area (Å²) in [5.74, 6) is -0.903. The van der Waals surface area contributed by atoms with Crippen LogP contribution in [0.15, 0.2) is 42.0 Å². The van der Waals surface area contributed by atoms with E-state index < -0.39 is 17.8 Å². The lowest BCUT2D eigenvalue weighted by Crippen LogP contribution is -2.54. The molecule has 3 rings (SSSR count). The van der Waals surface area contributed by atoms with Gasteiger partial charge in [0.25, 0.3) is 11.8 Å². The summed E-state index contributed by atoms with van der Waals surface area (Å²) in [6, 6.07) is 10.5. The molecule has 0 spiro atoms. The van der Waals surface area contributed by atoms with Crippen LogP contribution in [0.3, 0.4) is 0 Å². The molecule has 1 saturated heterocycles. The Hall–Kier alpha value is -3.72. The molecule has 178 valence electrons. The van der Waals surface area contributed by atoms with Crippen LogP contribution in [0, 0.1) is 13.8 Å². The van der Waals surface area contributed by atoms with Crippen LogP contribution in [0.1, 0.15) is 30.5 Å². The van der Waals surface area contributed by atoms with Crippen molar-refractivity contribution in [2.75, 3.05) is 24.7 Å². The molecule has 0 saturated carbocycles. The summed E-state index contributed by atoms with van der Waals surface area (Å²) in [5, 5.41) is 2.61. The van der Waals surface area contributed by atoms with Gasteiger partial charge in [-0.25, -0.2) is 4.79 Å². The van der Waals surface area contributed by atoms with Crippen molar-refractivity contribution in [2.45, 2.75) is 27.7 Å². The van der Waals surface area contributed by atoms with Gasteiger partial charge in [0.05, 0.1) is 18.9 Å². The minimum Gasteiger partial charge on any atom is -0.490 e. The number of carbonyl (C=O) groups is 3. The second-order valence-electron chi connectivity index (χ2n) is 7.54. The van der Waals surface area contributed by atoms with Gasteiger partial charge in [-0.2, -0.15) is 0 Å². The Morgan fingerprint density at radius 2 is 1.71 bits per heavy atom. The molecule has 2 amide bonds. The first-order chi connectivity index (χ1) is 16.2. The number of benzene rings is 2. The molecule has 34 heavy (non-hydrogen) atoms. The maximum atomic E-state index is 13.3. The molecule has 0 atom stereocenters. The average Bonchev–Trinajstić information content (AvgIpc) is 2.75. The van der Waals surface area contributed by atoms with Crippen LogP contribution in [0.2, 0.25) is 0 Å². The molecule has 1 fully saturated rings. The number of esters is 1. The van der Waals surface area contributed by atoms with Gasteiger partial charge in [0.1, 0.15) is 5.57 Å². The lowest BCUT2D eigenvalue weighted by Gasteiger charge is -2.29. The zero-order chi connectivity index (χ0) is 24.8. The van der Waals surface area contributed by atoms with Gasteiger partial charge in [0.2, 0.25) is 0 Å². The summed E-state index contributed by atoms with van der Waals surface area (Å²) < 4.78 is 16.0. The maximum Gasteiger partial charge on any atom is 0.344 e. The minimum atomic E-state index is -0.587. The summed E-state index contributed by atoms with van der Waals surface area (Å²) in [6.45, 7) is 7.70. The number of rotatable bonds is 8.